The van der Waals surface area contributed by atoms with E-state index in [1.165, 1.54) is 11.3 Å². The number of likely N-dealkylation sites (tertiary alicyclic amines) is 2. The van der Waals surface area contributed by atoms with Crippen molar-refractivity contribution in [3.63, 3.8) is 0 Å². The topological polar surface area (TPSA) is 65.0 Å². The number of guanidine groups is 1. The molecule has 1 saturated carbocycles. The highest BCUT2D eigenvalue weighted by Gasteiger charge is 2.58. The summed E-state index contributed by atoms with van der Waals surface area (Å²) in [5.41, 5.74) is 1.00. The van der Waals surface area contributed by atoms with Gasteiger partial charge in [0.1, 0.15) is 0 Å². The Morgan fingerprint density at radius 2 is 1.60 bits per heavy atom. The fourth-order valence-electron chi connectivity index (χ4n) is 5.42. The molecule has 1 N–H and O–H groups in total. The van der Waals surface area contributed by atoms with Crippen LogP contribution in [0.4, 0.5) is 5.69 Å². The summed E-state index contributed by atoms with van der Waals surface area (Å²) in [4.78, 5) is 34.3. The molecular formula is C23H29IN4O2. The number of nitrogens with zero attached hydrogens (tertiary/aromatic N) is 3. The van der Waals surface area contributed by atoms with Crippen LogP contribution in [0.5, 0.6) is 0 Å². The van der Waals surface area contributed by atoms with Gasteiger partial charge in [-0.2, -0.15) is 0 Å². The molecule has 4 unspecified atom stereocenters. The first-order valence-corrected chi connectivity index (χ1v) is 10.9. The monoisotopic (exact) mass is 520 g/mol. The molecule has 3 fully saturated rings. The Morgan fingerprint density at radius 3 is 2.23 bits per heavy atom. The minimum atomic E-state index is -0.120. The van der Waals surface area contributed by atoms with E-state index in [-0.39, 0.29) is 59.5 Å². The lowest BCUT2D eigenvalue weighted by Crippen LogP contribution is -2.41. The summed E-state index contributed by atoms with van der Waals surface area (Å²) in [5.74, 6) is 1.16. The number of hydrogen-bond donors (Lipinski definition) is 1. The second-order valence-corrected chi connectivity index (χ2v) is 8.57. The van der Waals surface area contributed by atoms with Crippen LogP contribution in [0.2, 0.25) is 0 Å². The van der Waals surface area contributed by atoms with E-state index in [2.05, 4.69) is 22.4 Å². The molecule has 0 spiro atoms. The van der Waals surface area contributed by atoms with Crippen molar-refractivity contribution in [3.8, 4) is 0 Å². The number of imide groups is 1. The van der Waals surface area contributed by atoms with E-state index in [1.807, 2.05) is 30.3 Å². The summed E-state index contributed by atoms with van der Waals surface area (Å²) >= 11 is 0. The number of halogens is 1. The smallest absolute Gasteiger partial charge is 0.233 e. The maximum Gasteiger partial charge on any atom is 0.233 e. The molecule has 160 valence electrons. The number of amides is 2. The fraction of sp³-hybridized carbons (Fsp3) is 0.522. The number of carbonyl (C=O) groups is 2. The maximum absolute atomic E-state index is 12.9. The quantitative estimate of drug-likeness (QED) is 0.218. The van der Waals surface area contributed by atoms with E-state index >= 15 is 0 Å². The molecule has 2 heterocycles. The van der Waals surface area contributed by atoms with Gasteiger partial charge in [0.05, 0.1) is 18.4 Å². The van der Waals surface area contributed by atoms with Gasteiger partial charge in [0, 0.05) is 25.3 Å². The predicted octanol–water partition coefficient (Wildman–Crippen LogP) is 3.37. The normalized spacial score (nSPS) is 29.9. The standard InChI is InChI=1S/C23H28N4O2.HI/c28-21-19-16-9-10-17(15-16)20(19)22(29)27(21)14-11-24-23(26-12-5-2-6-13-26)25-18-7-3-1-4-8-18;/h1,3-4,7-10,16-17,19-20H,2,5-6,11-15H2,(H,24,25);1H. The van der Waals surface area contributed by atoms with Gasteiger partial charge in [-0.25, -0.2) is 0 Å². The number of carbonyl (C=O) groups excluding carboxylic acids is 2. The summed E-state index contributed by atoms with van der Waals surface area (Å²) in [6.07, 6.45) is 8.83. The molecule has 2 saturated heterocycles. The molecule has 7 heteroatoms. The zero-order chi connectivity index (χ0) is 19.8. The van der Waals surface area contributed by atoms with Crippen LogP contribution in [-0.4, -0.2) is 53.8 Å². The second kappa shape index (κ2) is 9.08. The summed E-state index contributed by atoms with van der Waals surface area (Å²) in [5, 5.41) is 3.44. The van der Waals surface area contributed by atoms with Crippen LogP contribution < -0.4 is 5.32 Å². The lowest BCUT2D eigenvalue weighted by molar-refractivity contribution is -0.140. The molecule has 1 aromatic rings. The van der Waals surface area contributed by atoms with E-state index in [0.717, 1.165) is 44.0 Å². The van der Waals surface area contributed by atoms with Gasteiger partial charge in [-0.1, -0.05) is 30.4 Å². The number of para-hydroxylation sites is 1. The Morgan fingerprint density at radius 1 is 0.967 bits per heavy atom. The molecule has 2 aliphatic carbocycles. The summed E-state index contributed by atoms with van der Waals surface area (Å²) in [6, 6.07) is 10.0. The van der Waals surface area contributed by atoms with Crippen LogP contribution in [0.3, 0.4) is 0 Å². The van der Waals surface area contributed by atoms with Gasteiger partial charge in [-0.3, -0.25) is 19.5 Å². The molecule has 1 aromatic carbocycles. The number of aliphatic imine (C=N–C) groups is 1. The number of piperidine rings is 1. The molecule has 4 atom stereocenters. The van der Waals surface area contributed by atoms with Gasteiger partial charge in [0.15, 0.2) is 5.96 Å². The molecule has 0 aromatic heterocycles. The van der Waals surface area contributed by atoms with Crippen molar-refractivity contribution in [2.75, 3.05) is 31.5 Å². The third-order valence-corrected chi connectivity index (χ3v) is 6.83. The van der Waals surface area contributed by atoms with Crippen LogP contribution in [-0.2, 0) is 9.59 Å². The van der Waals surface area contributed by atoms with Crippen LogP contribution in [0.25, 0.3) is 0 Å². The van der Waals surface area contributed by atoms with Crippen molar-refractivity contribution in [1.29, 1.82) is 0 Å². The molecule has 30 heavy (non-hydrogen) atoms. The van der Waals surface area contributed by atoms with Gasteiger partial charge in [-0.15, -0.1) is 24.0 Å². The molecule has 0 radical (unpaired) electrons. The molecule has 2 amide bonds. The lowest BCUT2D eigenvalue weighted by Gasteiger charge is -2.30. The number of hydrogen-bond acceptors (Lipinski definition) is 3. The largest absolute Gasteiger partial charge is 0.343 e. The number of benzene rings is 1. The minimum Gasteiger partial charge on any atom is -0.343 e. The first-order chi connectivity index (χ1) is 14.2. The minimum absolute atomic E-state index is 0. The van der Waals surface area contributed by atoms with Crippen LogP contribution >= 0.6 is 24.0 Å². The highest BCUT2D eigenvalue weighted by atomic mass is 127. The second-order valence-electron chi connectivity index (χ2n) is 8.57. The number of rotatable bonds is 4. The highest BCUT2D eigenvalue weighted by molar-refractivity contribution is 14.0. The first-order valence-electron chi connectivity index (χ1n) is 10.9. The SMILES string of the molecule is I.O=C1C2C3C=CC(C3)C2C(=O)N1CCN=C(Nc1ccccc1)N1CCCCC1. The van der Waals surface area contributed by atoms with Crippen molar-refractivity contribution in [2.45, 2.75) is 25.7 Å². The highest BCUT2D eigenvalue weighted by Crippen LogP contribution is 2.52. The number of anilines is 1. The summed E-state index contributed by atoms with van der Waals surface area (Å²) in [6.45, 7) is 2.78. The average molecular weight is 520 g/mol. The van der Waals surface area contributed by atoms with E-state index in [1.54, 1.807) is 0 Å². The third-order valence-electron chi connectivity index (χ3n) is 6.83. The number of fused-ring (bicyclic) bond motifs is 5. The van der Waals surface area contributed by atoms with Gasteiger partial charge >= 0.3 is 0 Å². The van der Waals surface area contributed by atoms with Crippen LogP contribution in [0.15, 0.2) is 47.5 Å². The van der Waals surface area contributed by atoms with E-state index in [0.29, 0.717) is 13.1 Å². The van der Waals surface area contributed by atoms with Crippen LogP contribution in [0, 0.1) is 23.7 Å². The summed E-state index contributed by atoms with van der Waals surface area (Å²) < 4.78 is 0. The molecule has 2 bridgehead atoms. The van der Waals surface area contributed by atoms with E-state index in [9.17, 15) is 9.59 Å². The molecular weight excluding hydrogens is 491 g/mol. The van der Waals surface area contributed by atoms with Crippen molar-refractivity contribution < 1.29 is 9.59 Å². The van der Waals surface area contributed by atoms with Gasteiger partial charge in [0.2, 0.25) is 11.8 Å². The van der Waals surface area contributed by atoms with Crippen LogP contribution in [0.1, 0.15) is 25.7 Å². The zero-order valence-corrected chi connectivity index (χ0v) is 19.4. The third kappa shape index (κ3) is 3.88. The number of allylic oxidation sites excluding steroid dienone is 2. The molecule has 6 nitrogen and oxygen atoms in total. The lowest BCUT2D eigenvalue weighted by atomic mass is 9.85. The van der Waals surface area contributed by atoms with Crippen molar-refractivity contribution in [3.05, 3.63) is 42.5 Å². The van der Waals surface area contributed by atoms with Crippen molar-refractivity contribution in [2.24, 2.45) is 28.7 Å². The molecule has 4 aliphatic rings. The maximum atomic E-state index is 12.9. The Labute approximate surface area is 194 Å². The van der Waals surface area contributed by atoms with Gasteiger partial charge in [0.25, 0.3) is 0 Å². The Balaban J connectivity index is 0.00000218. The van der Waals surface area contributed by atoms with Gasteiger partial charge < -0.3 is 10.2 Å². The molecule has 2 aliphatic heterocycles. The zero-order valence-electron chi connectivity index (χ0n) is 17.1. The predicted molar refractivity (Wildman–Crippen MR) is 128 cm³/mol. The summed E-state index contributed by atoms with van der Waals surface area (Å²) in [7, 11) is 0. The Kier molecular flexibility index (Phi) is 6.46. The van der Waals surface area contributed by atoms with Crippen molar-refractivity contribution >= 4 is 47.4 Å². The van der Waals surface area contributed by atoms with Crippen molar-refractivity contribution in [1.82, 2.24) is 9.80 Å². The van der Waals surface area contributed by atoms with E-state index < -0.39 is 0 Å². The average Bonchev–Trinajstić information content (AvgIpc) is 3.44. The Bertz CT molecular complexity index is 820. The number of nitrogens with one attached hydrogen (secondary N) is 1. The molecule has 5 rings (SSSR count). The fourth-order valence-corrected chi connectivity index (χ4v) is 5.42. The van der Waals surface area contributed by atoms with E-state index in [4.69, 9.17) is 4.99 Å². The first kappa shape index (κ1) is 21.3. The van der Waals surface area contributed by atoms with Gasteiger partial charge in [-0.05, 0) is 49.7 Å². The Hall–Kier alpha value is -1.90.